The molecule has 1 aromatic rings. The van der Waals surface area contributed by atoms with Crippen LogP contribution in [0.3, 0.4) is 0 Å². The number of methoxy groups -OCH3 is 1. The third-order valence-electron chi connectivity index (χ3n) is 4.09. The molecular weight excluding hydrogens is 280 g/mol. The predicted molar refractivity (Wildman–Crippen MR) is 84.5 cm³/mol. The molecule has 1 N–H and O–H groups in total. The van der Waals surface area contributed by atoms with Gasteiger partial charge in [-0.2, -0.15) is 0 Å². The van der Waals surface area contributed by atoms with Crippen molar-refractivity contribution in [1.82, 2.24) is 10.2 Å². The molecular formula is C17H24N2O3. The molecule has 22 heavy (non-hydrogen) atoms. The second-order valence-electron chi connectivity index (χ2n) is 6.03. The van der Waals surface area contributed by atoms with E-state index in [2.05, 4.69) is 5.32 Å². The van der Waals surface area contributed by atoms with Gasteiger partial charge in [-0.15, -0.1) is 0 Å². The van der Waals surface area contributed by atoms with E-state index >= 15 is 0 Å². The van der Waals surface area contributed by atoms with Gasteiger partial charge in [0.1, 0.15) is 5.75 Å². The first kappa shape index (κ1) is 16.3. The molecule has 5 heteroatoms. The monoisotopic (exact) mass is 304 g/mol. The first-order valence-electron chi connectivity index (χ1n) is 7.64. The van der Waals surface area contributed by atoms with Crippen molar-refractivity contribution in [3.05, 3.63) is 29.8 Å². The van der Waals surface area contributed by atoms with Gasteiger partial charge in [0.2, 0.25) is 11.8 Å². The van der Waals surface area contributed by atoms with Crippen molar-refractivity contribution in [2.24, 2.45) is 5.92 Å². The van der Waals surface area contributed by atoms with Gasteiger partial charge in [-0.3, -0.25) is 9.59 Å². The minimum atomic E-state index is -0.231. The van der Waals surface area contributed by atoms with Crippen molar-refractivity contribution >= 4 is 11.8 Å². The molecule has 0 aromatic heterocycles. The van der Waals surface area contributed by atoms with Crippen LogP contribution < -0.4 is 10.1 Å². The van der Waals surface area contributed by atoms with E-state index in [9.17, 15) is 9.59 Å². The van der Waals surface area contributed by atoms with Gasteiger partial charge in [0.15, 0.2) is 0 Å². The van der Waals surface area contributed by atoms with Crippen LogP contribution in [-0.2, 0) is 9.59 Å². The number of nitrogens with one attached hydrogen (secondary N) is 1. The van der Waals surface area contributed by atoms with Crippen molar-refractivity contribution in [1.29, 1.82) is 0 Å². The summed E-state index contributed by atoms with van der Waals surface area (Å²) in [7, 11) is 3.39. The van der Waals surface area contributed by atoms with Gasteiger partial charge in [-0.25, -0.2) is 0 Å². The topological polar surface area (TPSA) is 58.6 Å². The average Bonchev–Trinajstić information content (AvgIpc) is 2.49. The van der Waals surface area contributed by atoms with Crippen LogP contribution in [0.15, 0.2) is 24.3 Å². The summed E-state index contributed by atoms with van der Waals surface area (Å²) < 4.78 is 5.17. The maximum Gasteiger partial charge on any atom is 0.225 e. The van der Waals surface area contributed by atoms with Gasteiger partial charge in [-0.1, -0.05) is 12.1 Å². The summed E-state index contributed by atoms with van der Waals surface area (Å²) in [6, 6.07) is 7.43. The Balaban J connectivity index is 2.30. The normalized spacial score (nSPS) is 21.9. The molecule has 1 aliphatic heterocycles. The minimum absolute atomic E-state index is 0.00941. The van der Waals surface area contributed by atoms with Crippen LogP contribution in [0, 0.1) is 5.92 Å². The summed E-state index contributed by atoms with van der Waals surface area (Å²) in [4.78, 5) is 26.2. The van der Waals surface area contributed by atoms with E-state index in [-0.39, 0.29) is 29.8 Å². The lowest BCUT2D eigenvalue weighted by molar-refractivity contribution is -0.141. The molecule has 0 saturated carbocycles. The molecule has 1 aromatic carbocycles. The number of nitrogens with zero attached hydrogens (tertiary/aromatic N) is 1. The zero-order valence-electron chi connectivity index (χ0n) is 13.6. The smallest absolute Gasteiger partial charge is 0.225 e. The van der Waals surface area contributed by atoms with Gasteiger partial charge in [0.25, 0.3) is 0 Å². The molecule has 1 fully saturated rings. The Morgan fingerprint density at radius 1 is 1.32 bits per heavy atom. The van der Waals surface area contributed by atoms with Crippen LogP contribution in [0.25, 0.3) is 0 Å². The van der Waals surface area contributed by atoms with E-state index in [1.54, 1.807) is 19.1 Å². The van der Waals surface area contributed by atoms with E-state index in [1.807, 2.05) is 38.1 Å². The average molecular weight is 304 g/mol. The molecule has 0 radical (unpaired) electrons. The fraction of sp³-hybridized carbons (Fsp3) is 0.529. The number of carbonyl (C=O) groups excluding carboxylic acids is 2. The van der Waals surface area contributed by atoms with E-state index in [0.29, 0.717) is 12.8 Å². The van der Waals surface area contributed by atoms with Crippen LogP contribution in [0.1, 0.15) is 38.3 Å². The fourth-order valence-corrected chi connectivity index (χ4v) is 2.96. The Morgan fingerprint density at radius 3 is 2.50 bits per heavy atom. The highest BCUT2D eigenvalue weighted by atomic mass is 16.5. The van der Waals surface area contributed by atoms with E-state index in [0.717, 1.165) is 11.3 Å². The van der Waals surface area contributed by atoms with Gasteiger partial charge in [0, 0.05) is 19.5 Å². The molecule has 2 amide bonds. The van der Waals surface area contributed by atoms with Crippen molar-refractivity contribution in [2.75, 3.05) is 14.2 Å². The summed E-state index contributed by atoms with van der Waals surface area (Å²) in [5.41, 5.74) is 0.959. The van der Waals surface area contributed by atoms with Gasteiger partial charge < -0.3 is 15.0 Å². The number of ether oxygens (including phenoxy) is 1. The maximum atomic E-state index is 12.5. The number of carbonyl (C=O) groups is 2. The second-order valence-corrected chi connectivity index (χ2v) is 6.03. The number of piperidine rings is 1. The number of hydrogen-bond donors (Lipinski definition) is 1. The first-order chi connectivity index (χ1) is 10.4. The minimum Gasteiger partial charge on any atom is -0.497 e. The van der Waals surface area contributed by atoms with Gasteiger partial charge in [0.05, 0.1) is 19.1 Å². The third kappa shape index (κ3) is 3.40. The lowest BCUT2D eigenvalue weighted by atomic mass is 9.84. The van der Waals surface area contributed by atoms with Crippen LogP contribution in [0.5, 0.6) is 5.75 Å². The molecule has 1 aliphatic rings. The Kier molecular flexibility index (Phi) is 5.06. The molecule has 5 nitrogen and oxygen atoms in total. The summed E-state index contributed by atoms with van der Waals surface area (Å²) >= 11 is 0. The quantitative estimate of drug-likeness (QED) is 0.927. The third-order valence-corrected chi connectivity index (χ3v) is 4.09. The number of amides is 2. The number of likely N-dealkylation sites (tertiary alicyclic amines) is 1. The van der Waals surface area contributed by atoms with Crippen LogP contribution in [0.4, 0.5) is 0 Å². The Labute approximate surface area is 131 Å². The summed E-state index contributed by atoms with van der Waals surface area (Å²) in [6.07, 6.45) is 0.998. The molecule has 0 spiro atoms. The van der Waals surface area contributed by atoms with Gasteiger partial charge in [-0.05, 0) is 38.0 Å². The number of benzene rings is 1. The lowest BCUT2D eigenvalue weighted by Gasteiger charge is -2.38. The highest BCUT2D eigenvalue weighted by Gasteiger charge is 2.38. The largest absolute Gasteiger partial charge is 0.497 e. The number of hydrogen-bond acceptors (Lipinski definition) is 3. The molecule has 1 saturated heterocycles. The van der Waals surface area contributed by atoms with Crippen molar-refractivity contribution < 1.29 is 14.3 Å². The zero-order valence-corrected chi connectivity index (χ0v) is 13.6. The van der Waals surface area contributed by atoms with E-state index < -0.39 is 0 Å². The molecule has 1 heterocycles. The molecule has 2 rings (SSSR count). The SMILES string of the molecule is COc1ccc(C2C(C(=O)NC(C)C)CCC(=O)N2C)cc1. The molecule has 0 aliphatic carbocycles. The maximum absolute atomic E-state index is 12.5. The Bertz CT molecular complexity index is 539. The van der Waals surface area contributed by atoms with E-state index in [1.165, 1.54) is 0 Å². The van der Waals surface area contributed by atoms with Crippen molar-refractivity contribution in [3.8, 4) is 5.75 Å². The first-order valence-corrected chi connectivity index (χ1v) is 7.64. The number of rotatable bonds is 4. The summed E-state index contributed by atoms with van der Waals surface area (Å²) in [6.45, 7) is 3.88. The summed E-state index contributed by atoms with van der Waals surface area (Å²) in [5.74, 6) is 0.625. The van der Waals surface area contributed by atoms with Crippen LogP contribution in [0.2, 0.25) is 0 Å². The van der Waals surface area contributed by atoms with Crippen molar-refractivity contribution in [2.45, 2.75) is 38.8 Å². The van der Waals surface area contributed by atoms with Gasteiger partial charge >= 0.3 is 0 Å². The molecule has 2 unspecified atom stereocenters. The summed E-state index contributed by atoms with van der Waals surface area (Å²) in [5, 5.41) is 2.97. The van der Waals surface area contributed by atoms with Crippen molar-refractivity contribution in [3.63, 3.8) is 0 Å². The van der Waals surface area contributed by atoms with E-state index in [4.69, 9.17) is 4.74 Å². The predicted octanol–water partition coefficient (Wildman–Crippen LogP) is 2.13. The fourth-order valence-electron chi connectivity index (χ4n) is 2.96. The second kappa shape index (κ2) is 6.81. The lowest BCUT2D eigenvalue weighted by Crippen LogP contribution is -2.47. The van der Waals surface area contributed by atoms with Crippen LogP contribution >= 0.6 is 0 Å². The molecule has 120 valence electrons. The molecule has 2 atom stereocenters. The molecule has 0 bridgehead atoms. The Hall–Kier alpha value is -2.04. The Morgan fingerprint density at radius 2 is 1.95 bits per heavy atom. The van der Waals surface area contributed by atoms with Crippen LogP contribution in [-0.4, -0.2) is 36.9 Å². The highest BCUT2D eigenvalue weighted by Crippen LogP contribution is 2.36. The standard InChI is InChI=1S/C17H24N2O3/c1-11(2)18-17(21)14-9-10-15(20)19(3)16(14)12-5-7-13(22-4)8-6-12/h5-8,11,14,16H,9-10H2,1-4H3,(H,18,21). The zero-order chi connectivity index (χ0) is 16.3. The highest BCUT2D eigenvalue weighted by molar-refractivity contribution is 5.85.